The molecule has 0 saturated carbocycles. The number of carbonyl (C=O) groups is 3. The number of halogens is 3. The first-order valence-corrected chi connectivity index (χ1v) is 10.7. The molecule has 3 rings (SSSR count). The molecule has 156 valence electrons. The predicted octanol–water partition coefficient (Wildman–Crippen LogP) is 3.68. The fourth-order valence-electron chi connectivity index (χ4n) is 2.64. The number of ether oxygens (including phenoxy) is 2. The third-order valence-electron chi connectivity index (χ3n) is 4.14. The molecule has 1 aliphatic heterocycles. The quantitative estimate of drug-likeness (QED) is 0.227. The molecule has 1 aliphatic rings. The zero-order chi connectivity index (χ0) is 21.8. The van der Waals surface area contributed by atoms with Gasteiger partial charge < -0.3 is 14.8 Å². The second kappa shape index (κ2) is 9.73. The minimum absolute atomic E-state index is 0.0514. The van der Waals surface area contributed by atoms with Crippen molar-refractivity contribution in [2.45, 2.75) is 6.61 Å². The Morgan fingerprint density at radius 1 is 1.20 bits per heavy atom. The molecule has 2 aromatic carbocycles. The van der Waals surface area contributed by atoms with E-state index in [-0.39, 0.29) is 18.1 Å². The molecule has 1 N–H and O–H groups in total. The second-order valence-corrected chi connectivity index (χ2v) is 8.47. The van der Waals surface area contributed by atoms with Crippen LogP contribution < -0.4 is 10.1 Å². The fourth-order valence-corrected chi connectivity index (χ4v) is 4.77. The summed E-state index contributed by atoms with van der Waals surface area (Å²) in [5.41, 5.74) is 1.15. The Bertz CT molecular complexity index is 1030. The molecule has 7 nitrogen and oxygen atoms in total. The number of urea groups is 1. The normalized spacial score (nSPS) is 14.8. The largest absolute Gasteiger partial charge is 0.487 e. The summed E-state index contributed by atoms with van der Waals surface area (Å²) >= 11 is 4.17. The summed E-state index contributed by atoms with van der Waals surface area (Å²) < 4.78 is 25.6. The first-order chi connectivity index (χ1) is 14.3. The van der Waals surface area contributed by atoms with Crippen molar-refractivity contribution in [3.8, 4) is 5.75 Å². The van der Waals surface area contributed by atoms with E-state index in [1.165, 1.54) is 19.3 Å². The van der Waals surface area contributed by atoms with Gasteiger partial charge in [-0.2, -0.15) is 0 Å². The van der Waals surface area contributed by atoms with Gasteiger partial charge in [0.25, 0.3) is 5.91 Å². The Hall–Kier alpha value is -2.22. The molecule has 0 aliphatic carbocycles. The maximum absolute atomic E-state index is 13.8. The van der Waals surface area contributed by atoms with E-state index in [1.54, 1.807) is 30.3 Å². The lowest BCUT2D eigenvalue weighted by Crippen LogP contribution is -2.36. The van der Waals surface area contributed by atoms with Crippen LogP contribution >= 0.6 is 45.2 Å². The highest BCUT2D eigenvalue weighted by molar-refractivity contribution is 14.1. The van der Waals surface area contributed by atoms with Crippen LogP contribution in [-0.2, 0) is 20.9 Å². The third kappa shape index (κ3) is 5.09. The molecule has 0 atom stereocenters. The van der Waals surface area contributed by atoms with Gasteiger partial charge in [-0.25, -0.2) is 14.1 Å². The number of hydrogen-bond donors (Lipinski definition) is 1. The van der Waals surface area contributed by atoms with E-state index >= 15 is 0 Å². The number of carbonyl (C=O) groups excluding carboxylic acids is 3. The van der Waals surface area contributed by atoms with E-state index in [9.17, 15) is 18.8 Å². The first-order valence-electron chi connectivity index (χ1n) is 8.56. The topological polar surface area (TPSA) is 84.9 Å². The molecule has 1 heterocycles. The molecule has 1 fully saturated rings. The zero-order valence-corrected chi connectivity index (χ0v) is 19.9. The van der Waals surface area contributed by atoms with Crippen LogP contribution in [0.4, 0.5) is 9.18 Å². The van der Waals surface area contributed by atoms with E-state index in [1.807, 2.05) is 0 Å². The van der Waals surface area contributed by atoms with Gasteiger partial charge in [-0.1, -0.05) is 18.2 Å². The lowest BCUT2D eigenvalue weighted by Gasteiger charge is -2.12. The molecule has 2 aromatic rings. The van der Waals surface area contributed by atoms with Crippen LogP contribution in [0.5, 0.6) is 5.75 Å². The van der Waals surface area contributed by atoms with E-state index in [0.29, 0.717) is 16.9 Å². The highest BCUT2D eigenvalue weighted by Crippen LogP contribution is 2.31. The number of methoxy groups -OCH3 is 1. The maximum Gasteiger partial charge on any atom is 0.329 e. The number of imide groups is 1. The van der Waals surface area contributed by atoms with Crippen molar-refractivity contribution >= 4 is 69.2 Å². The zero-order valence-electron chi connectivity index (χ0n) is 15.6. The molecule has 10 heteroatoms. The first kappa shape index (κ1) is 22.5. The molecular formula is C20H15FI2N2O5. The SMILES string of the molecule is COC(=O)CN1C(=O)N/C(=C/c2cc(I)c(OCc3ccccc3F)c(I)c2)C1=O. The number of nitrogens with zero attached hydrogens (tertiary/aromatic N) is 1. The summed E-state index contributed by atoms with van der Waals surface area (Å²) in [5.74, 6) is -1.05. The van der Waals surface area contributed by atoms with Crippen molar-refractivity contribution in [2.75, 3.05) is 13.7 Å². The van der Waals surface area contributed by atoms with Crippen molar-refractivity contribution in [2.24, 2.45) is 0 Å². The maximum atomic E-state index is 13.8. The summed E-state index contributed by atoms with van der Waals surface area (Å²) in [7, 11) is 1.18. The van der Waals surface area contributed by atoms with Crippen LogP contribution in [0.1, 0.15) is 11.1 Å². The van der Waals surface area contributed by atoms with E-state index in [4.69, 9.17) is 4.74 Å². The van der Waals surface area contributed by atoms with E-state index in [0.717, 1.165) is 12.0 Å². The average molecular weight is 636 g/mol. The van der Waals surface area contributed by atoms with Crippen LogP contribution in [0, 0.1) is 13.0 Å². The van der Waals surface area contributed by atoms with Crippen molar-refractivity contribution in [1.82, 2.24) is 10.2 Å². The van der Waals surface area contributed by atoms with E-state index in [2.05, 4.69) is 55.2 Å². The van der Waals surface area contributed by atoms with Gasteiger partial charge in [-0.15, -0.1) is 0 Å². The second-order valence-electron chi connectivity index (χ2n) is 6.15. The molecule has 0 unspecified atom stereocenters. The molecular weight excluding hydrogens is 621 g/mol. The Kier molecular flexibility index (Phi) is 7.28. The number of benzene rings is 2. The molecule has 0 aromatic heterocycles. The summed E-state index contributed by atoms with van der Waals surface area (Å²) in [6.07, 6.45) is 1.52. The van der Waals surface area contributed by atoms with Crippen LogP contribution in [-0.4, -0.2) is 36.5 Å². The molecule has 3 amide bonds. The number of rotatable bonds is 6. The lowest BCUT2D eigenvalue weighted by molar-refractivity contribution is -0.143. The van der Waals surface area contributed by atoms with Gasteiger partial charge in [0.1, 0.15) is 30.4 Å². The lowest BCUT2D eigenvalue weighted by atomic mass is 10.2. The van der Waals surface area contributed by atoms with Crippen molar-refractivity contribution < 1.29 is 28.2 Å². The third-order valence-corrected chi connectivity index (χ3v) is 5.74. The Morgan fingerprint density at radius 3 is 2.50 bits per heavy atom. The van der Waals surface area contributed by atoms with Gasteiger partial charge in [0, 0.05) is 5.56 Å². The Balaban J connectivity index is 1.78. The highest BCUT2D eigenvalue weighted by atomic mass is 127. The van der Waals surface area contributed by atoms with Gasteiger partial charge in [0.15, 0.2) is 0 Å². The van der Waals surface area contributed by atoms with Gasteiger partial charge >= 0.3 is 12.0 Å². The molecule has 30 heavy (non-hydrogen) atoms. The van der Waals surface area contributed by atoms with E-state index < -0.39 is 24.5 Å². The number of hydrogen-bond acceptors (Lipinski definition) is 5. The van der Waals surface area contributed by atoms with Crippen LogP contribution in [0.25, 0.3) is 6.08 Å². The van der Waals surface area contributed by atoms with Crippen molar-refractivity contribution in [3.63, 3.8) is 0 Å². The summed E-state index contributed by atoms with van der Waals surface area (Å²) in [5, 5.41) is 2.45. The number of amides is 3. The molecule has 1 saturated heterocycles. The summed E-state index contributed by atoms with van der Waals surface area (Å²) in [6, 6.07) is 9.24. The van der Waals surface area contributed by atoms with Crippen LogP contribution in [0.2, 0.25) is 0 Å². The van der Waals surface area contributed by atoms with Gasteiger partial charge in [0.2, 0.25) is 0 Å². The molecule has 0 spiro atoms. The number of esters is 1. The standard InChI is InChI=1S/C20H15FI2N2O5/c1-29-17(26)9-25-19(27)16(24-20(25)28)8-11-6-14(22)18(15(23)7-11)30-10-12-4-2-3-5-13(12)21/h2-8H,9-10H2,1H3,(H,24,28)/b16-8+. The predicted molar refractivity (Wildman–Crippen MR) is 123 cm³/mol. The molecule has 0 radical (unpaired) electrons. The van der Waals surface area contributed by atoms with Crippen molar-refractivity contribution in [3.05, 3.63) is 66.2 Å². The van der Waals surface area contributed by atoms with Crippen LogP contribution in [0.3, 0.4) is 0 Å². The summed E-state index contributed by atoms with van der Waals surface area (Å²) in [4.78, 5) is 36.5. The van der Waals surface area contributed by atoms with Crippen molar-refractivity contribution in [1.29, 1.82) is 0 Å². The minimum atomic E-state index is -0.694. The minimum Gasteiger partial charge on any atom is -0.487 e. The van der Waals surface area contributed by atoms with Gasteiger partial charge in [-0.3, -0.25) is 9.59 Å². The summed E-state index contributed by atoms with van der Waals surface area (Å²) in [6.45, 7) is -0.382. The highest BCUT2D eigenvalue weighted by Gasteiger charge is 2.35. The van der Waals surface area contributed by atoms with Gasteiger partial charge in [-0.05, 0) is 75.0 Å². The Morgan fingerprint density at radius 2 is 1.87 bits per heavy atom. The monoisotopic (exact) mass is 636 g/mol. The fraction of sp³-hybridized carbons (Fsp3) is 0.150. The number of nitrogens with one attached hydrogen (secondary N) is 1. The smallest absolute Gasteiger partial charge is 0.329 e. The Labute approximate surface area is 198 Å². The van der Waals surface area contributed by atoms with Crippen LogP contribution in [0.15, 0.2) is 42.1 Å². The average Bonchev–Trinajstić information content (AvgIpc) is 2.95. The van der Waals surface area contributed by atoms with Gasteiger partial charge in [0.05, 0.1) is 14.3 Å². The molecule has 0 bridgehead atoms.